The van der Waals surface area contributed by atoms with Crippen LogP contribution in [0.1, 0.15) is 43.3 Å². The summed E-state index contributed by atoms with van der Waals surface area (Å²) in [6.45, 7) is 6.71. The minimum atomic E-state index is -0.862. The number of imide groups is 1. The number of thiazole rings is 1. The summed E-state index contributed by atoms with van der Waals surface area (Å²) >= 11 is 1.45. The van der Waals surface area contributed by atoms with Gasteiger partial charge in [0.05, 0.1) is 5.69 Å². The molecule has 4 amide bonds. The van der Waals surface area contributed by atoms with Gasteiger partial charge in [-0.15, -0.1) is 11.3 Å². The van der Waals surface area contributed by atoms with Gasteiger partial charge in [0.25, 0.3) is 5.91 Å². The number of amides is 4. The van der Waals surface area contributed by atoms with Gasteiger partial charge < -0.3 is 10.6 Å². The molecule has 2 fully saturated rings. The standard InChI is InChI=1S/C20H24N6O3S/c1-12-10-15(4-7-21-12)26-17(28)20(24-19(26)29)5-8-25(9-6-20)13(2)16-11-22-18(30-16)23-14(3)27/h4,7,10-11,13H,5-6,8-9H2,1-3H3,(H,24,29)(H,22,23,27)/t13-/m1/s1. The maximum absolute atomic E-state index is 13.2. The number of hydrogen-bond acceptors (Lipinski definition) is 7. The molecule has 2 N–H and O–H groups in total. The number of aromatic nitrogens is 2. The van der Waals surface area contributed by atoms with Crippen LogP contribution in [-0.2, 0) is 9.59 Å². The molecule has 30 heavy (non-hydrogen) atoms. The van der Waals surface area contributed by atoms with Crippen molar-refractivity contribution in [3.8, 4) is 0 Å². The first-order valence-corrected chi connectivity index (χ1v) is 10.7. The molecule has 1 spiro atoms. The van der Waals surface area contributed by atoms with E-state index in [1.165, 1.54) is 23.2 Å². The van der Waals surface area contributed by atoms with Crippen LogP contribution >= 0.6 is 11.3 Å². The lowest BCUT2D eigenvalue weighted by atomic mass is 9.86. The van der Waals surface area contributed by atoms with E-state index in [-0.39, 0.29) is 23.9 Å². The zero-order chi connectivity index (χ0) is 21.5. The lowest BCUT2D eigenvalue weighted by Gasteiger charge is -2.39. The normalized spacial score (nSPS) is 19.8. The molecule has 0 saturated carbocycles. The van der Waals surface area contributed by atoms with E-state index in [0.29, 0.717) is 36.8 Å². The second kappa shape index (κ2) is 7.77. The van der Waals surface area contributed by atoms with E-state index in [1.807, 2.05) is 6.92 Å². The molecule has 0 unspecified atom stereocenters. The highest BCUT2D eigenvalue weighted by Crippen LogP contribution is 2.36. The van der Waals surface area contributed by atoms with E-state index in [0.717, 1.165) is 10.6 Å². The van der Waals surface area contributed by atoms with Crippen LogP contribution in [-0.4, -0.2) is 51.3 Å². The second-order valence-electron chi connectivity index (χ2n) is 7.77. The van der Waals surface area contributed by atoms with Gasteiger partial charge in [0.2, 0.25) is 5.91 Å². The third-order valence-corrected chi connectivity index (χ3v) is 6.80. The van der Waals surface area contributed by atoms with Gasteiger partial charge in [-0.2, -0.15) is 0 Å². The molecule has 2 saturated heterocycles. The fourth-order valence-electron chi connectivity index (χ4n) is 4.02. The van der Waals surface area contributed by atoms with Gasteiger partial charge in [0, 0.05) is 49.0 Å². The molecule has 10 heteroatoms. The molecule has 4 rings (SSSR count). The Morgan fingerprint density at radius 3 is 2.70 bits per heavy atom. The number of hydrogen-bond donors (Lipinski definition) is 2. The van der Waals surface area contributed by atoms with Gasteiger partial charge in [-0.3, -0.25) is 19.5 Å². The van der Waals surface area contributed by atoms with Crippen molar-refractivity contribution >= 4 is 40.0 Å². The molecule has 0 aliphatic carbocycles. The van der Waals surface area contributed by atoms with Crippen molar-refractivity contribution in [2.75, 3.05) is 23.3 Å². The Kier molecular flexibility index (Phi) is 5.29. The molecule has 2 aliphatic heterocycles. The first kappa shape index (κ1) is 20.4. The molecule has 2 aliphatic rings. The van der Waals surface area contributed by atoms with E-state index in [9.17, 15) is 14.4 Å². The molecule has 2 aromatic heterocycles. The van der Waals surface area contributed by atoms with Crippen LogP contribution in [0, 0.1) is 6.92 Å². The number of likely N-dealkylation sites (tertiary alicyclic amines) is 1. The summed E-state index contributed by atoms with van der Waals surface area (Å²) in [5.41, 5.74) is 0.438. The van der Waals surface area contributed by atoms with Crippen molar-refractivity contribution in [2.24, 2.45) is 0 Å². The molecular weight excluding hydrogens is 404 g/mol. The fraction of sp³-hybridized carbons (Fsp3) is 0.450. The van der Waals surface area contributed by atoms with Gasteiger partial charge in [-0.1, -0.05) is 0 Å². The number of nitrogens with one attached hydrogen (secondary N) is 2. The van der Waals surface area contributed by atoms with Gasteiger partial charge in [0.1, 0.15) is 5.54 Å². The van der Waals surface area contributed by atoms with Gasteiger partial charge in [-0.05, 0) is 38.8 Å². The highest BCUT2D eigenvalue weighted by Gasteiger charge is 2.53. The van der Waals surface area contributed by atoms with Gasteiger partial charge >= 0.3 is 6.03 Å². The maximum atomic E-state index is 13.2. The number of piperidine rings is 1. The molecule has 0 radical (unpaired) electrons. The second-order valence-corrected chi connectivity index (χ2v) is 8.83. The van der Waals surface area contributed by atoms with Crippen molar-refractivity contribution in [2.45, 2.75) is 45.2 Å². The molecule has 9 nitrogen and oxygen atoms in total. The van der Waals surface area contributed by atoms with Crippen LogP contribution in [0.3, 0.4) is 0 Å². The molecule has 2 aromatic rings. The Labute approximate surface area is 178 Å². The van der Waals surface area contributed by atoms with E-state index in [1.54, 1.807) is 24.5 Å². The van der Waals surface area contributed by atoms with Crippen molar-refractivity contribution in [3.63, 3.8) is 0 Å². The first-order valence-electron chi connectivity index (χ1n) is 9.86. The minimum absolute atomic E-state index is 0.105. The molecule has 1 atom stereocenters. The molecule has 158 valence electrons. The van der Waals surface area contributed by atoms with Crippen molar-refractivity contribution in [1.82, 2.24) is 20.2 Å². The number of rotatable bonds is 4. The summed E-state index contributed by atoms with van der Waals surface area (Å²) < 4.78 is 0. The first-order chi connectivity index (χ1) is 14.3. The van der Waals surface area contributed by atoms with Crippen LogP contribution < -0.4 is 15.5 Å². The predicted molar refractivity (Wildman–Crippen MR) is 113 cm³/mol. The highest BCUT2D eigenvalue weighted by molar-refractivity contribution is 7.15. The largest absolute Gasteiger partial charge is 0.329 e. The quantitative estimate of drug-likeness (QED) is 0.725. The van der Waals surface area contributed by atoms with Gasteiger partial charge in [-0.25, -0.2) is 14.7 Å². The van der Waals surface area contributed by atoms with Crippen LogP contribution in [0.5, 0.6) is 0 Å². The number of anilines is 2. The monoisotopic (exact) mass is 428 g/mol. The number of aryl methyl sites for hydroxylation is 1. The summed E-state index contributed by atoms with van der Waals surface area (Å²) in [7, 11) is 0. The highest BCUT2D eigenvalue weighted by atomic mass is 32.1. The predicted octanol–water partition coefficient (Wildman–Crippen LogP) is 2.46. The zero-order valence-corrected chi connectivity index (χ0v) is 18.0. The lowest BCUT2D eigenvalue weighted by molar-refractivity contribution is -0.124. The number of urea groups is 1. The minimum Gasteiger partial charge on any atom is -0.323 e. The third kappa shape index (κ3) is 3.68. The SMILES string of the molecule is CC(=O)Nc1ncc([C@@H](C)N2CCC3(CC2)NC(=O)N(c2ccnc(C)c2)C3=O)s1. The van der Waals surface area contributed by atoms with E-state index >= 15 is 0 Å². The number of pyridine rings is 1. The Bertz CT molecular complexity index is 998. The van der Waals surface area contributed by atoms with E-state index < -0.39 is 5.54 Å². The summed E-state index contributed by atoms with van der Waals surface area (Å²) in [6.07, 6.45) is 4.46. The Balaban J connectivity index is 1.44. The van der Waals surface area contributed by atoms with Crippen molar-refractivity contribution in [1.29, 1.82) is 0 Å². The van der Waals surface area contributed by atoms with Crippen LogP contribution in [0.15, 0.2) is 24.5 Å². The van der Waals surface area contributed by atoms with Gasteiger partial charge in [0.15, 0.2) is 5.13 Å². The fourth-order valence-corrected chi connectivity index (χ4v) is 4.97. The number of carbonyl (C=O) groups excluding carboxylic acids is 3. The number of nitrogens with zero attached hydrogens (tertiary/aromatic N) is 4. The average Bonchev–Trinajstić information content (AvgIpc) is 3.24. The Hall–Kier alpha value is -2.85. The average molecular weight is 429 g/mol. The Morgan fingerprint density at radius 1 is 1.30 bits per heavy atom. The summed E-state index contributed by atoms with van der Waals surface area (Å²) in [5, 5.41) is 6.23. The topological polar surface area (TPSA) is 108 Å². The van der Waals surface area contributed by atoms with Crippen LogP contribution in [0.2, 0.25) is 0 Å². The molecule has 4 heterocycles. The van der Waals surface area contributed by atoms with Crippen LogP contribution in [0.4, 0.5) is 15.6 Å². The summed E-state index contributed by atoms with van der Waals surface area (Å²) in [6, 6.07) is 3.14. The maximum Gasteiger partial charge on any atom is 0.329 e. The van der Waals surface area contributed by atoms with Crippen molar-refractivity contribution in [3.05, 3.63) is 35.1 Å². The zero-order valence-electron chi connectivity index (χ0n) is 17.1. The molecular formula is C20H24N6O3S. The van der Waals surface area contributed by atoms with Crippen LogP contribution in [0.25, 0.3) is 0 Å². The third-order valence-electron chi connectivity index (χ3n) is 5.72. The molecule has 0 bridgehead atoms. The van der Waals surface area contributed by atoms with E-state index in [4.69, 9.17) is 0 Å². The summed E-state index contributed by atoms with van der Waals surface area (Å²) in [4.78, 5) is 50.0. The smallest absolute Gasteiger partial charge is 0.323 e. The van der Waals surface area contributed by atoms with E-state index in [2.05, 4.69) is 32.4 Å². The Morgan fingerprint density at radius 2 is 2.03 bits per heavy atom. The number of carbonyl (C=O) groups is 3. The lowest BCUT2D eigenvalue weighted by Crippen LogP contribution is -2.55. The summed E-state index contributed by atoms with van der Waals surface area (Å²) in [5.74, 6) is -0.343. The van der Waals surface area contributed by atoms with Crippen molar-refractivity contribution < 1.29 is 14.4 Å². The molecule has 0 aromatic carbocycles.